The number of hydrogen-bond donors (Lipinski definition) is 4. The number of hydrogen-bond acceptors (Lipinski definition) is 6. The van der Waals surface area contributed by atoms with Crippen LogP contribution in [0.25, 0.3) is 0 Å². The first kappa shape index (κ1) is 28.2. The quantitative estimate of drug-likeness (QED) is 0.264. The highest BCUT2D eigenvalue weighted by Gasteiger charge is 2.45. The molecule has 1 heterocycles. The van der Waals surface area contributed by atoms with Crippen molar-refractivity contribution in [2.75, 3.05) is 18.5 Å². The predicted molar refractivity (Wildman–Crippen MR) is 144 cm³/mol. The Kier molecular flexibility index (Phi) is 8.27. The molecule has 3 aromatic rings. The number of nitrogens with one attached hydrogen (secondary N) is 2. The maximum Gasteiger partial charge on any atom is 0.325 e. The molecular weight excluding hydrogens is 536 g/mol. The predicted octanol–water partition coefficient (Wildman–Crippen LogP) is 3.42. The summed E-state index contributed by atoms with van der Waals surface area (Å²) in [4.78, 5) is 40.9. The number of rotatable bonds is 11. The lowest BCUT2D eigenvalue weighted by Gasteiger charge is -2.25. The maximum atomic E-state index is 14.9. The van der Waals surface area contributed by atoms with Gasteiger partial charge in [-0.25, -0.2) is 18.5 Å². The van der Waals surface area contributed by atoms with Crippen molar-refractivity contribution in [1.82, 2.24) is 10.2 Å². The van der Waals surface area contributed by atoms with Gasteiger partial charge in [0.25, 0.3) is 5.91 Å². The summed E-state index contributed by atoms with van der Waals surface area (Å²) < 4.78 is 33.8. The van der Waals surface area contributed by atoms with Gasteiger partial charge in [-0.3, -0.25) is 9.59 Å². The molecule has 9 nitrogen and oxygen atoms in total. The summed E-state index contributed by atoms with van der Waals surface area (Å²) in [6.07, 6.45) is 1.03. The number of ether oxygens (including phenoxy) is 1. The van der Waals surface area contributed by atoms with E-state index in [0.717, 1.165) is 23.3 Å². The fraction of sp³-hybridized carbons (Fsp3) is 0.300. The van der Waals surface area contributed by atoms with Gasteiger partial charge in [0, 0.05) is 6.42 Å². The second-order valence-electron chi connectivity index (χ2n) is 10.1. The van der Waals surface area contributed by atoms with Crippen LogP contribution in [0.4, 0.5) is 19.3 Å². The highest BCUT2D eigenvalue weighted by Crippen LogP contribution is 2.40. The first-order valence-corrected chi connectivity index (χ1v) is 13.2. The Morgan fingerprint density at radius 3 is 2.24 bits per heavy atom. The molecule has 0 spiro atoms. The monoisotopic (exact) mass is 565 g/mol. The number of benzene rings is 3. The Balaban J connectivity index is 1.38. The van der Waals surface area contributed by atoms with Gasteiger partial charge in [0.05, 0.1) is 18.9 Å². The number of carbonyl (C=O) groups excluding carboxylic acids is 3. The van der Waals surface area contributed by atoms with Crippen LogP contribution in [0, 0.1) is 11.6 Å². The van der Waals surface area contributed by atoms with E-state index >= 15 is 0 Å². The van der Waals surface area contributed by atoms with Crippen molar-refractivity contribution < 1.29 is 38.1 Å². The Bertz CT molecular complexity index is 1430. The van der Waals surface area contributed by atoms with E-state index in [1.165, 1.54) is 48.5 Å². The lowest BCUT2D eigenvalue weighted by Crippen LogP contribution is -2.49. The van der Waals surface area contributed by atoms with E-state index in [2.05, 4.69) is 10.6 Å². The molecule has 3 aromatic carbocycles. The normalized spacial score (nSPS) is 17.5. The zero-order chi connectivity index (χ0) is 29.1. The molecule has 1 saturated carbocycles. The van der Waals surface area contributed by atoms with Gasteiger partial charge in [0.1, 0.15) is 35.6 Å². The van der Waals surface area contributed by atoms with E-state index in [1.807, 2.05) is 0 Å². The molecule has 4 amide bonds. The fourth-order valence-corrected chi connectivity index (χ4v) is 4.74. The van der Waals surface area contributed by atoms with Gasteiger partial charge in [-0.05, 0) is 71.8 Å². The van der Waals surface area contributed by atoms with Crippen LogP contribution in [0.3, 0.4) is 0 Å². The molecule has 1 saturated heterocycles. The van der Waals surface area contributed by atoms with Crippen molar-refractivity contribution in [3.8, 4) is 5.75 Å². The summed E-state index contributed by atoms with van der Waals surface area (Å²) in [6.45, 7) is -0.785. The summed E-state index contributed by atoms with van der Waals surface area (Å²) in [5, 5.41) is 23.5. The smallest absolute Gasteiger partial charge is 0.325 e. The molecule has 5 rings (SSSR count). The standard InChI is InChI=1S/C30H29F2N3O6/c31-21-8-1-17(2-9-21)13-26(28(38)33-25-12-7-20(14-24(25)32)18-3-4-18)35-29(39)27(34-30(35)40)19-5-10-22(11-6-19)41-23(15-36)16-37/h1-2,5-12,14,18,23,26-27,36-37H,3-4,13,15-16H2,(H,33,38)(H,34,40). The molecule has 0 aromatic heterocycles. The summed E-state index contributed by atoms with van der Waals surface area (Å²) in [5.41, 5.74) is 1.67. The molecule has 2 unspecified atom stereocenters. The zero-order valence-electron chi connectivity index (χ0n) is 21.9. The zero-order valence-corrected chi connectivity index (χ0v) is 21.9. The lowest BCUT2D eigenvalue weighted by molar-refractivity contribution is -0.134. The van der Waals surface area contributed by atoms with Gasteiger partial charge >= 0.3 is 6.03 Å². The largest absolute Gasteiger partial charge is 0.486 e. The molecular formula is C30H29F2N3O6. The van der Waals surface area contributed by atoms with Crippen LogP contribution in [-0.4, -0.2) is 58.3 Å². The highest BCUT2D eigenvalue weighted by atomic mass is 19.1. The lowest BCUT2D eigenvalue weighted by atomic mass is 10.0. The minimum Gasteiger partial charge on any atom is -0.486 e. The third-order valence-corrected chi connectivity index (χ3v) is 7.15. The Labute approximate surface area is 234 Å². The molecule has 11 heteroatoms. The average Bonchev–Trinajstić information content (AvgIpc) is 3.78. The molecule has 0 radical (unpaired) electrons. The summed E-state index contributed by atoms with van der Waals surface area (Å²) in [7, 11) is 0. The number of anilines is 1. The van der Waals surface area contributed by atoms with Gasteiger partial charge in [0.2, 0.25) is 5.91 Å². The van der Waals surface area contributed by atoms with E-state index in [-0.39, 0.29) is 12.1 Å². The van der Waals surface area contributed by atoms with Crippen LogP contribution in [0.2, 0.25) is 0 Å². The van der Waals surface area contributed by atoms with E-state index in [4.69, 9.17) is 4.74 Å². The van der Waals surface area contributed by atoms with Crippen molar-refractivity contribution >= 4 is 23.5 Å². The first-order chi connectivity index (χ1) is 19.8. The van der Waals surface area contributed by atoms with Crippen LogP contribution in [0.15, 0.2) is 66.7 Å². The first-order valence-electron chi connectivity index (χ1n) is 13.2. The van der Waals surface area contributed by atoms with Crippen LogP contribution >= 0.6 is 0 Å². The van der Waals surface area contributed by atoms with Crippen LogP contribution in [0.1, 0.15) is 41.5 Å². The number of amides is 4. The molecule has 2 aliphatic rings. The minimum atomic E-state index is -1.36. The van der Waals surface area contributed by atoms with E-state index in [0.29, 0.717) is 22.8 Å². The van der Waals surface area contributed by atoms with Gasteiger partial charge in [-0.2, -0.15) is 0 Å². The Hall–Kier alpha value is -4.35. The van der Waals surface area contributed by atoms with Crippen LogP contribution in [-0.2, 0) is 16.0 Å². The molecule has 41 heavy (non-hydrogen) atoms. The molecule has 214 valence electrons. The number of nitrogens with zero attached hydrogens (tertiary/aromatic N) is 1. The van der Waals surface area contributed by atoms with Gasteiger partial charge in [0.15, 0.2) is 0 Å². The second kappa shape index (κ2) is 12.0. The third kappa shape index (κ3) is 6.36. The van der Waals surface area contributed by atoms with E-state index in [9.17, 15) is 33.4 Å². The molecule has 1 aliphatic heterocycles. The Morgan fingerprint density at radius 1 is 0.976 bits per heavy atom. The number of aliphatic hydroxyl groups is 2. The number of halogens is 2. The molecule has 2 atom stereocenters. The fourth-order valence-electron chi connectivity index (χ4n) is 4.74. The molecule has 1 aliphatic carbocycles. The van der Waals surface area contributed by atoms with Crippen LogP contribution in [0.5, 0.6) is 5.75 Å². The van der Waals surface area contributed by atoms with E-state index in [1.54, 1.807) is 18.2 Å². The van der Waals surface area contributed by atoms with E-state index < -0.39 is 60.9 Å². The van der Waals surface area contributed by atoms with Gasteiger partial charge in [-0.1, -0.05) is 30.3 Å². The second-order valence-corrected chi connectivity index (χ2v) is 10.1. The van der Waals surface area contributed by atoms with Crippen molar-refractivity contribution in [2.45, 2.75) is 43.4 Å². The number of carbonyl (C=O) groups is 3. The molecule has 0 bridgehead atoms. The average molecular weight is 566 g/mol. The maximum absolute atomic E-state index is 14.9. The topological polar surface area (TPSA) is 128 Å². The van der Waals surface area contributed by atoms with Crippen molar-refractivity contribution in [2.24, 2.45) is 0 Å². The van der Waals surface area contributed by atoms with Crippen LogP contribution < -0.4 is 15.4 Å². The van der Waals surface area contributed by atoms with Crippen molar-refractivity contribution in [3.63, 3.8) is 0 Å². The minimum absolute atomic E-state index is 0.0771. The summed E-state index contributed by atoms with van der Waals surface area (Å²) in [5.74, 6) is -1.93. The molecule has 2 fully saturated rings. The number of aliphatic hydroxyl groups excluding tert-OH is 2. The van der Waals surface area contributed by atoms with Crippen molar-refractivity contribution in [1.29, 1.82) is 0 Å². The number of urea groups is 1. The third-order valence-electron chi connectivity index (χ3n) is 7.15. The highest BCUT2D eigenvalue weighted by molar-refractivity contribution is 6.09. The number of imide groups is 1. The van der Waals surface area contributed by atoms with Crippen molar-refractivity contribution in [3.05, 3.63) is 95.1 Å². The summed E-state index contributed by atoms with van der Waals surface area (Å²) in [6, 6.07) is 12.7. The SMILES string of the molecule is O=C(Nc1ccc(C2CC2)cc1F)C(Cc1ccc(F)cc1)N1C(=O)NC(c2ccc(OC(CO)CO)cc2)C1=O. The Morgan fingerprint density at radius 2 is 1.63 bits per heavy atom. The molecule has 4 N–H and O–H groups in total. The van der Waals surface area contributed by atoms with Gasteiger partial charge in [-0.15, -0.1) is 0 Å². The van der Waals surface area contributed by atoms with Gasteiger partial charge < -0.3 is 25.6 Å². The summed E-state index contributed by atoms with van der Waals surface area (Å²) >= 11 is 0.